The van der Waals surface area contributed by atoms with Crippen LogP contribution in [0.1, 0.15) is 40.0 Å². The second-order valence-electron chi connectivity index (χ2n) is 7.99. The van der Waals surface area contributed by atoms with Crippen LogP contribution in [0.15, 0.2) is 0 Å². The van der Waals surface area contributed by atoms with E-state index in [1.807, 2.05) is 20.8 Å². The van der Waals surface area contributed by atoms with Crippen molar-refractivity contribution < 1.29 is 31.7 Å². The molecule has 0 aromatic carbocycles. The molecule has 1 saturated heterocycles. The summed E-state index contributed by atoms with van der Waals surface area (Å²) in [5, 5.41) is 2.24. The maximum atomic E-state index is 11.9. The van der Waals surface area contributed by atoms with Crippen LogP contribution in [0.3, 0.4) is 0 Å². The Morgan fingerprint density at radius 2 is 2.00 bits per heavy atom. The number of rotatable bonds is 8. The SMILES string of the molecule is CCC(C)(C)C(=O)OCCNC(=O)COC1C2CC3C1OS(=O)(=O)C3C2. The van der Waals surface area contributed by atoms with Crippen LogP contribution in [0, 0.1) is 17.3 Å². The van der Waals surface area contributed by atoms with Crippen LogP contribution in [-0.4, -0.2) is 57.5 Å². The molecule has 26 heavy (non-hydrogen) atoms. The first-order valence-electron chi connectivity index (χ1n) is 9.13. The van der Waals surface area contributed by atoms with Crippen LogP contribution in [0.2, 0.25) is 0 Å². The molecule has 1 N–H and O–H groups in total. The van der Waals surface area contributed by atoms with Crippen molar-refractivity contribution in [2.24, 2.45) is 17.3 Å². The lowest BCUT2D eigenvalue weighted by Crippen LogP contribution is -2.39. The predicted molar refractivity (Wildman–Crippen MR) is 91.6 cm³/mol. The van der Waals surface area contributed by atoms with Crippen LogP contribution in [0.5, 0.6) is 0 Å². The molecule has 1 amide bonds. The van der Waals surface area contributed by atoms with Gasteiger partial charge in [-0.2, -0.15) is 8.42 Å². The minimum Gasteiger partial charge on any atom is -0.463 e. The normalized spacial score (nSPS) is 34.0. The third-order valence-electron chi connectivity index (χ3n) is 5.91. The van der Waals surface area contributed by atoms with Gasteiger partial charge in [-0.05, 0) is 39.0 Å². The van der Waals surface area contributed by atoms with Crippen LogP contribution in [-0.2, 0) is 33.4 Å². The van der Waals surface area contributed by atoms with E-state index < -0.39 is 26.9 Å². The molecule has 8 nitrogen and oxygen atoms in total. The van der Waals surface area contributed by atoms with Crippen molar-refractivity contribution in [2.45, 2.75) is 57.5 Å². The number of esters is 1. The molecule has 5 atom stereocenters. The largest absolute Gasteiger partial charge is 0.463 e. The molecule has 3 fully saturated rings. The van der Waals surface area contributed by atoms with Crippen LogP contribution in [0.4, 0.5) is 0 Å². The number of ether oxygens (including phenoxy) is 2. The lowest BCUT2D eigenvalue weighted by atomic mass is 9.91. The van der Waals surface area contributed by atoms with E-state index >= 15 is 0 Å². The number of amides is 1. The Labute approximate surface area is 154 Å². The Balaban J connectivity index is 1.36. The zero-order valence-corrected chi connectivity index (χ0v) is 16.2. The Kier molecular flexibility index (Phi) is 5.33. The van der Waals surface area contributed by atoms with Crippen LogP contribution in [0.25, 0.3) is 0 Å². The highest BCUT2D eigenvalue weighted by Gasteiger charge is 2.64. The molecule has 148 valence electrons. The first kappa shape index (κ1) is 19.6. The molecule has 0 spiro atoms. The zero-order valence-electron chi connectivity index (χ0n) is 15.4. The molecule has 3 aliphatic rings. The smallest absolute Gasteiger partial charge is 0.311 e. The average Bonchev–Trinajstić information content (AvgIpc) is 3.19. The van der Waals surface area contributed by atoms with E-state index in [9.17, 15) is 18.0 Å². The highest BCUT2D eigenvalue weighted by Crippen LogP contribution is 2.55. The van der Waals surface area contributed by atoms with Gasteiger partial charge in [0.15, 0.2) is 0 Å². The second-order valence-corrected chi connectivity index (χ2v) is 9.77. The molecule has 2 bridgehead atoms. The summed E-state index contributed by atoms with van der Waals surface area (Å²) in [5.74, 6) is -0.477. The molecule has 0 radical (unpaired) electrons. The Morgan fingerprint density at radius 1 is 1.27 bits per heavy atom. The summed E-state index contributed by atoms with van der Waals surface area (Å²) < 4.78 is 39.8. The lowest BCUT2D eigenvalue weighted by molar-refractivity contribution is -0.154. The van der Waals surface area contributed by atoms with Crippen LogP contribution < -0.4 is 5.32 Å². The summed E-state index contributed by atoms with van der Waals surface area (Å²) in [6.07, 6.45) is 1.22. The highest BCUT2D eigenvalue weighted by atomic mass is 32.2. The van der Waals surface area contributed by atoms with E-state index in [4.69, 9.17) is 13.7 Å². The molecular weight excluding hydrogens is 362 g/mol. The molecule has 1 aliphatic heterocycles. The van der Waals surface area contributed by atoms with Crippen molar-refractivity contribution in [3.63, 3.8) is 0 Å². The minimum atomic E-state index is -3.47. The fourth-order valence-corrected chi connectivity index (χ4v) is 5.89. The van der Waals surface area contributed by atoms with Gasteiger partial charge in [0.25, 0.3) is 10.1 Å². The van der Waals surface area contributed by atoms with Crippen molar-refractivity contribution in [2.75, 3.05) is 19.8 Å². The van der Waals surface area contributed by atoms with Gasteiger partial charge in [-0.3, -0.25) is 13.8 Å². The summed E-state index contributed by atoms with van der Waals surface area (Å²) in [7, 11) is -3.47. The van der Waals surface area contributed by atoms with Crippen molar-refractivity contribution in [1.82, 2.24) is 5.32 Å². The summed E-state index contributed by atoms with van der Waals surface area (Å²) in [5.41, 5.74) is -0.533. The molecule has 2 saturated carbocycles. The van der Waals surface area contributed by atoms with E-state index in [-0.39, 0.29) is 49.6 Å². The van der Waals surface area contributed by atoms with Gasteiger partial charge in [0, 0.05) is 5.92 Å². The Morgan fingerprint density at radius 3 is 2.69 bits per heavy atom. The van der Waals surface area contributed by atoms with Gasteiger partial charge in [0.05, 0.1) is 23.3 Å². The molecule has 9 heteroatoms. The van der Waals surface area contributed by atoms with Gasteiger partial charge in [-0.15, -0.1) is 0 Å². The molecule has 5 unspecified atom stereocenters. The van der Waals surface area contributed by atoms with E-state index in [0.29, 0.717) is 12.8 Å². The summed E-state index contributed by atoms with van der Waals surface area (Å²) in [6.45, 7) is 5.69. The van der Waals surface area contributed by atoms with Gasteiger partial charge < -0.3 is 14.8 Å². The van der Waals surface area contributed by atoms with Crippen molar-refractivity contribution >= 4 is 22.0 Å². The van der Waals surface area contributed by atoms with Gasteiger partial charge >= 0.3 is 5.97 Å². The van der Waals surface area contributed by atoms with Crippen molar-refractivity contribution in [1.29, 1.82) is 0 Å². The maximum absolute atomic E-state index is 11.9. The molecule has 1 heterocycles. The molecule has 0 aromatic heterocycles. The summed E-state index contributed by atoms with van der Waals surface area (Å²) in [4.78, 5) is 23.7. The average molecular weight is 389 g/mol. The molecule has 3 rings (SSSR count). The third-order valence-corrected chi connectivity index (χ3v) is 7.69. The second kappa shape index (κ2) is 7.09. The molecule has 2 aliphatic carbocycles. The van der Waals surface area contributed by atoms with E-state index in [1.54, 1.807) is 0 Å². The lowest BCUT2D eigenvalue weighted by Gasteiger charge is -2.24. The number of carbonyl (C=O) groups excluding carboxylic acids is 2. The van der Waals surface area contributed by atoms with E-state index in [1.165, 1.54) is 0 Å². The maximum Gasteiger partial charge on any atom is 0.311 e. The topological polar surface area (TPSA) is 108 Å². The first-order valence-corrected chi connectivity index (χ1v) is 10.6. The predicted octanol–water partition coefficient (Wildman–Crippen LogP) is 0.604. The summed E-state index contributed by atoms with van der Waals surface area (Å²) in [6, 6.07) is 0. The van der Waals surface area contributed by atoms with E-state index in [0.717, 1.165) is 6.42 Å². The number of hydrogen-bond donors (Lipinski definition) is 1. The van der Waals surface area contributed by atoms with Crippen LogP contribution >= 0.6 is 0 Å². The number of hydrogen-bond acceptors (Lipinski definition) is 7. The summed E-state index contributed by atoms with van der Waals surface area (Å²) >= 11 is 0. The minimum absolute atomic E-state index is 0.000562. The Bertz CT molecular complexity index is 675. The molecular formula is C17H27NO7S. The fraction of sp³-hybridized carbons (Fsp3) is 0.882. The van der Waals surface area contributed by atoms with Gasteiger partial charge in [0.1, 0.15) is 19.3 Å². The van der Waals surface area contributed by atoms with Gasteiger partial charge in [0.2, 0.25) is 5.91 Å². The van der Waals surface area contributed by atoms with Gasteiger partial charge in [-0.1, -0.05) is 6.92 Å². The van der Waals surface area contributed by atoms with E-state index in [2.05, 4.69) is 5.32 Å². The number of fused-ring (bicyclic) bond motifs is 1. The number of carbonyl (C=O) groups is 2. The number of nitrogens with one attached hydrogen (secondary N) is 1. The Hall–Kier alpha value is -1.19. The monoisotopic (exact) mass is 389 g/mol. The first-order chi connectivity index (χ1) is 12.2. The van der Waals surface area contributed by atoms with Gasteiger partial charge in [-0.25, -0.2) is 0 Å². The van der Waals surface area contributed by atoms with Crippen molar-refractivity contribution in [3.8, 4) is 0 Å². The quantitative estimate of drug-likeness (QED) is 0.368. The fourth-order valence-electron chi connectivity index (χ4n) is 4.01. The zero-order chi connectivity index (χ0) is 19.1. The highest BCUT2D eigenvalue weighted by molar-refractivity contribution is 7.87. The molecule has 0 aromatic rings. The van der Waals surface area contributed by atoms with Crippen molar-refractivity contribution in [3.05, 3.63) is 0 Å². The third kappa shape index (κ3) is 3.61. The standard InChI is InChI=1S/C17H27NO7S/c1-4-17(2,3)16(20)23-6-5-18-13(19)9-24-14-10-7-11-12(8-10)26(21,22)25-15(11)14/h10-12,14-15H,4-9H2,1-3H3,(H,18,19).